The summed E-state index contributed by atoms with van der Waals surface area (Å²) in [5, 5.41) is 2.47. The van der Waals surface area contributed by atoms with Crippen molar-refractivity contribution in [1.29, 1.82) is 4.78 Å². The number of aromatic nitrogens is 1. The molecule has 1 aromatic heterocycles. The van der Waals surface area contributed by atoms with Crippen LogP contribution in [0, 0.1) is 11.7 Å². The number of carbonyl (C=O) groups is 1. The molecule has 0 unspecified atom stereocenters. The van der Waals surface area contributed by atoms with Gasteiger partial charge in [-0.3, -0.25) is 4.79 Å². The van der Waals surface area contributed by atoms with Crippen LogP contribution in [0.5, 0.6) is 0 Å². The molecule has 2 heterocycles. The third kappa shape index (κ3) is 5.79. The fraction of sp³-hybridized carbons (Fsp3) is 0.429. The molecule has 1 aliphatic rings. The molecule has 12 heteroatoms. The molecule has 0 spiro atoms. The molecule has 0 aliphatic carbocycles. The molecule has 33 heavy (non-hydrogen) atoms. The topological polar surface area (TPSA) is 86.2 Å². The molecule has 1 atom stereocenters. The number of anilines is 2. The molecule has 6 nitrogen and oxygen atoms in total. The summed E-state index contributed by atoms with van der Waals surface area (Å²) in [6, 6.07) is 5.63. The van der Waals surface area contributed by atoms with Gasteiger partial charge >= 0.3 is 6.18 Å². The minimum absolute atomic E-state index is 0.0895. The maximum absolute atomic E-state index is 13.8. The first kappa shape index (κ1) is 24.9. The lowest BCUT2D eigenvalue weighted by Gasteiger charge is -2.26. The number of rotatable bonds is 4. The van der Waals surface area contributed by atoms with Crippen LogP contribution in [0.3, 0.4) is 0 Å². The Balaban J connectivity index is 2.05. The van der Waals surface area contributed by atoms with Gasteiger partial charge in [-0.25, -0.2) is 22.8 Å². The fourth-order valence-electron chi connectivity index (χ4n) is 3.67. The first-order valence-electron chi connectivity index (χ1n) is 10.0. The second-order valence-electron chi connectivity index (χ2n) is 8.02. The molecular formula is C21H23F5N4O2S. The number of alkyl halides is 5. The summed E-state index contributed by atoms with van der Waals surface area (Å²) in [7, 11) is -3.09. The quantitative estimate of drug-likeness (QED) is 0.568. The summed E-state index contributed by atoms with van der Waals surface area (Å²) in [4.78, 5) is 18.5. The van der Waals surface area contributed by atoms with Gasteiger partial charge in [-0.1, -0.05) is 6.07 Å². The maximum atomic E-state index is 13.8. The van der Waals surface area contributed by atoms with Crippen molar-refractivity contribution in [2.75, 3.05) is 29.6 Å². The highest BCUT2D eigenvalue weighted by Gasteiger charge is 2.38. The van der Waals surface area contributed by atoms with Crippen LogP contribution >= 0.6 is 0 Å². The van der Waals surface area contributed by atoms with E-state index in [4.69, 9.17) is 4.78 Å². The van der Waals surface area contributed by atoms with Gasteiger partial charge < -0.3 is 10.2 Å². The smallest absolute Gasteiger partial charge is 0.356 e. The largest absolute Gasteiger partial charge is 0.418 e. The van der Waals surface area contributed by atoms with Gasteiger partial charge in [0.1, 0.15) is 5.82 Å². The second kappa shape index (κ2) is 8.88. The Bertz CT molecular complexity index is 1170. The van der Waals surface area contributed by atoms with E-state index in [1.807, 2.05) is 0 Å². The van der Waals surface area contributed by atoms with E-state index in [0.717, 1.165) is 6.92 Å². The number of pyridine rings is 1. The zero-order valence-electron chi connectivity index (χ0n) is 17.9. The lowest BCUT2D eigenvalue weighted by atomic mass is 10.0. The van der Waals surface area contributed by atoms with E-state index in [2.05, 4.69) is 10.3 Å². The maximum Gasteiger partial charge on any atom is 0.418 e. The number of benzene rings is 1. The highest BCUT2D eigenvalue weighted by Crippen LogP contribution is 2.37. The predicted octanol–water partition coefficient (Wildman–Crippen LogP) is 5.32. The zero-order valence-corrected chi connectivity index (χ0v) is 18.7. The standard InChI is InChI=1S/C21H23F5N4O2S/c1-13-16(21(24,25)26)12-28-18(30-9-4-7-20(22,23)8-10-30)17(13)19(31)29-14-5-3-6-15(11-14)33(2,27)32/h3,5-6,11-12,27H,4,7-10H2,1-2H3,(H,29,31)/t33-/m0/s1. The van der Waals surface area contributed by atoms with Gasteiger partial charge in [-0.05, 0) is 37.1 Å². The minimum Gasteiger partial charge on any atom is -0.356 e. The average Bonchev–Trinajstić information content (AvgIpc) is 2.86. The first-order valence-corrected chi connectivity index (χ1v) is 12.0. The van der Waals surface area contributed by atoms with Gasteiger partial charge in [-0.15, -0.1) is 0 Å². The molecule has 180 valence electrons. The number of hydrogen-bond acceptors (Lipinski definition) is 5. The summed E-state index contributed by atoms with van der Waals surface area (Å²) < 4.78 is 87.8. The van der Waals surface area contributed by atoms with Crippen LogP contribution in [0.15, 0.2) is 35.4 Å². The Kier molecular flexibility index (Phi) is 6.69. The molecule has 1 aliphatic heterocycles. The molecule has 2 N–H and O–H groups in total. The lowest BCUT2D eigenvalue weighted by molar-refractivity contribution is -0.138. The minimum atomic E-state index is -4.77. The van der Waals surface area contributed by atoms with Crippen molar-refractivity contribution < 1.29 is 31.0 Å². The Labute approximate surface area is 188 Å². The van der Waals surface area contributed by atoms with Crippen LogP contribution in [-0.4, -0.2) is 40.4 Å². The number of hydrogen-bond donors (Lipinski definition) is 2. The monoisotopic (exact) mass is 490 g/mol. The fourth-order valence-corrected chi connectivity index (χ4v) is 4.36. The molecule has 0 saturated carbocycles. The first-order chi connectivity index (χ1) is 15.2. The Morgan fingerprint density at radius 3 is 2.58 bits per heavy atom. The zero-order chi connectivity index (χ0) is 24.6. The highest BCUT2D eigenvalue weighted by molar-refractivity contribution is 7.91. The molecule has 1 fully saturated rings. The van der Waals surface area contributed by atoms with E-state index in [-0.39, 0.29) is 53.5 Å². The Morgan fingerprint density at radius 1 is 1.24 bits per heavy atom. The number of nitrogens with one attached hydrogen (secondary N) is 2. The van der Waals surface area contributed by atoms with Crippen LogP contribution in [0.2, 0.25) is 0 Å². The number of nitrogens with zero attached hydrogens (tertiary/aromatic N) is 2. The molecule has 1 saturated heterocycles. The van der Waals surface area contributed by atoms with Crippen molar-refractivity contribution in [3.8, 4) is 0 Å². The van der Waals surface area contributed by atoms with E-state index in [9.17, 15) is 31.0 Å². The molecule has 1 aromatic carbocycles. The van der Waals surface area contributed by atoms with Crippen LogP contribution in [0.25, 0.3) is 0 Å². The molecule has 2 aromatic rings. The van der Waals surface area contributed by atoms with E-state index in [0.29, 0.717) is 6.20 Å². The van der Waals surface area contributed by atoms with Crippen LogP contribution < -0.4 is 10.2 Å². The lowest BCUT2D eigenvalue weighted by Crippen LogP contribution is -2.30. The molecule has 1 amide bonds. The third-order valence-corrected chi connectivity index (χ3v) is 6.56. The van der Waals surface area contributed by atoms with Crippen molar-refractivity contribution in [2.24, 2.45) is 0 Å². The van der Waals surface area contributed by atoms with E-state index in [1.54, 1.807) is 0 Å². The number of carbonyl (C=O) groups excluding carboxylic acids is 1. The van der Waals surface area contributed by atoms with Crippen molar-refractivity contribution in [1.82, 2.24) is 4.98 Å². The van der Waals surface area contributed by atoms with Gasteiger partial charge in [0.05, 0.1) is 20.9 Å². The Morgan fingerprint density at radius 2 is 1.94 bits per heavy atom. The summed E-state index contributed by atoms with van der Waals surface area (Å²) in [6.45, 7) is 1.08. The summed E-state index contributed by atoms with van der Waals surface area (Å²) in [5.41, 5.74) is -1.72. The molecular weight excluding hydrogens is 467 g/mol. The summed E-state index contributed by atoms with van der Waals surface area (Å²) >= 11 is 0. The van der Waals surface area contributed by atoms with Crippen molar-refractivity contribution in [3.63, 3.8) is 0 Å². The average molecular weight is 490 g/mol. The van der Waals surface area contributed by atoms with E-state index >= 15 is 0 Å². The van der Waals surface area contributed by atoms with Gasteiger partial charge in [-0.2, -0.15) is 13.2 Å². The van der Waals surface area contributed by atoms with Gasteiger partial charge in [0.2, 0.25) is 5.92 Å². The SMILES string of the molecule is Cc1c(C(F)(F)F)cnc(N2CCCC(F)(F)CC2)c1C(=O)Nc1cccc([S@@](C)(=N)=O)c1. The third-order valence-electron chi connectivity index (χ3n) is 5.41. The number of halogens is 5. The molecule has 0 bridgehead atoms. The van der Waals surface area contributed by atoms with Gasteiger partial charge in [0, 0.05) is 49.0 Å². The molecule has 3 rings (SSSR count). The van der Waals surface area contributed by atoms with E-state index < -0.39 is 39.7 Å². The Hall–Kier alpha value is -2.76. The van der Waals surface area contributed by atoms with E-state index in [1.165, 1.54) is 35.4 Å². The highest BCUT2D eigenvalue weighted by atomic mass is 32.2. The van der Waals surface area contributed by atoms with Crippen molar-refractivity contribution in [2.45, 2.75) is 43.2 Å². The predicted molar refractivity (Wildman–Crippen MR) is 114 cm³/mol. The van der Waals surface area contributed by atoms with Crippen LogP contribution in [0.1, 0.15) is 40.7 Å². The van der Waals surface area contributed by atoms with Crippen molar-refractivity contribution in [3.05, 3.63) is 47.2 Å². The van der Waals surface area contributed by atoms with Gasteiger partial charge in [0.15, 0.2) is 0 Å². The number of amides is 1. The van der Waals surface area contributed by atoms with Crippen molar-refractivity contribution >= 4 is 27.1 Å². The normalized spacial score (nSPS) is 18.3. The van der Waals surface area contributed by atoms with Crippen LogP contribution in [0.4, 0.5) is 33.5 Å². The summed E-state index contributed by atoms with van der Waals surface area (Å²) in [5.74, 6) is -3.92. The van der Waals surface area contributed by atoms with Crippen LogP contribution in [-0.2, 0) is 15.9 Å². The second-order valence-corrected chi connectivity index (χ2v) is 10.2. The summed E-state index contributed by atoms with van der Waals surface area (Å²) in [6.07, 6.45) is -3.74. The molecule has 0 radical (unpaired) electrons. The van der Waals surface area contributed by atoms with Gasteiger partial charge in [0.25, 0.3) is 5.91 Å².